The van der Waals surface area contributed by atoms with E-state index in [1.165, 1.54) is 19.2 Å². The van der Waals surface area contributed by atoms with Crippen molar-refractivity contribution in [3.05, 3.63) is 41.7 Å². The minimum atomic E-state index is -1.06. The molecule has 0 amide bonds. The summed E-state index contributed by atoms with van der Waals surface area (Å²) in [6.07, 6.45) is 0. The highest BCUT2D eigenvalue weighted by molar-refractivity contribution is 5.61. The highest BCUT2D eigenvalue weighted by atomic mass is 19.1. The maximum atomic E-state index is 13.4. The Morgan fingerprint density at radius 3 is 2.37 bits per heavy atom. The van der Waals surface area contributed by atoms with E-state index in [1.54, 1.807) is 0 Å². The first-order chi connectivity index (χ1) is 9.01. The molecule has 0 aliphatic rings. The summed E-state index contributed by atoms with van der Waals surface area (Å²) in [7, 11) is 1.36. The number of rotatable bonds is 3. The number of hydrogen-bond acceptors (Lipinski definition) is 4. The molecule has 19 heavy (non-hydrogen) atoms. The number of halogens is 3. The van der Waals surface area contributed by atoms with Crippen LogP contribution in [0.1, 0.15) is 0 Å². The molecule has 0 saturated carbocycles. The molecular formula is C12H10F3N3O. The highest BCUT2D eigenvalue weighted by Gasteiger charge is 2.13. The van der Waals surface area contributed by atoms with E-state index in [9.17, 15) is 13.2 Å². The van der Waals surface area contributed by atoms with Crippen LogP contribution < -0.4 is 15.8 Å². The average molecular weight is 269 g/mol. The lowest BCUT2D eigenvalue weighted by Crippen LogP contribution is -2.02. The maximum absolute atomic E-state index is 13.4. The number of benzene rings is 1. The van der Waals surface area contributed by atoms with E-state index >= 15 is 0 Å². The minimum Gasteiger partial charge on any atom is -0.479 e. The molecule has 3 N–H and O–H groups in total. The second-order valence-electron chi connectivity index (χ2n) is 3.66. The Labute approximate surface area is 107 Å². The third kappa shape index (κ3) is 2.70. The Morgan fingerprint density at radius 1 is 1.16 bits per heavy atom. The van der Waals surface area contributed by atoms with Gasteiger partial charge in [-0.25, -0.2) is 13.2 Å². The first-order valence-electron chi connectivity index (χ1n) is 5.23. The Morgan fingerprint density at radius 2 is 1.79 bits per heavy atom. The van der Waals surface area contributed by atoms with E-state index < -0.39 is 23.1 Å². The number of nitrogen functional groups attached to an aromatic ring is 1. The van der Waals surface area contributed by atoms with Gasteiger partial charge in [0, 0.05) is 12.1 Å². The van der Waals surface area contributed by atoms with Crippen LogP contribution in [-0.4, -0.2) is 12.1 Å². The van der Waals surface area contributed by atoms with E-state index in [0.717, 1.165) is 0 Å². The van der Waals surface area contributed by atoms with Crippen LogP contribution in [0.2, 0.25) is 0 Å². The van der Waals surface area contributed by atoms with Crippen molar-refractivity contribution in [2.45, 2.75) is 0 Å². The predicted octanol–water partition coefficient (Wildman–Crippen LogP) is 2.83. The lowest BCUT2D eigenvalue weighted by Gasteiger charge is -2.10. The Kier molecular flexibility index (Phi) is 3.46. The molecule has 0 aliphatic heterocycles. The molecule has 0 unspecified atom stereocenters. The van der Waals surface area contributed by atoms with Crippen molar-refractivity contribution < 1.29 is 17.9 Å². The number of nitrogens with one attached hydrogen (secondary N) is 1. The van der Waals surface area contributed by atoms with Crippen molar-refractivity contribution in [3.8, 4) is 5.88 Å². The molecule has 0 saturated heterocycles. The van der Waals surface area contributed by atoms with E-state index in [0.29, 0.717) is 12.1 Å². The van der Waals surface area contributed by atoms with Crippen LogP contribution in [0.4, 0.5) is 30.4 Å². The first kappa shape index (κ1) is 13.0. The fraction of sp³-hybridized carbons (Fsp3) is 0.0833. The van der Waals surface area contributed by atoms with Gasteiger partial charge in [-0.05, 0) is 12.1 Å². The number of aromatic nitrogens is 1. The van der Waals surface area contributed by atoms with Crippen molar-refractivity contribution in [1.29, 1.82) is 0 Å². The summed E-state index contributed by atoms with van der Waals surface area (Å²) in [5.74, 6) is -2.88. The molecule has 1 aromatic carbocycles. The number of methoxy groups -OCH3 is 1. The van der Waals surface area contributed by atoms with Gasteiger partial charge in [-0.3, -0.25) is 0 Å². The largest absolute Gasteiger partial charge is 0.479 e. The van der Waals surface area contributed by atoms with Crippen molar-refractivity contribution in [3.63, 3.8) is 0 Å². The van der Waals surface area contributed by atoms with Gasteiger partial charge < -0.3 is 15.8 Å². The van der Waals surface area contributed by atoms with Crippen LogP contribution in [-0.2, 0) is 0 Å². The van der Waals surface area contributed by atoms with Gasteiger partial charge in [-0.2, -0.15) is 4.98 Å². The molecule has 100 valence electrons. The molecule has 2 rings (SSSR count). The van der Waals surface area contributed by atoms with Gasteiger partial charge in [0.15, 0.2) is 11.6 Å². The fourth-order valence-corrected chi connectivity index (χ4v) is 1.47. The van der Waals surface area contributed by atoms with Gasteiger partial charge in [-0.15, -0.1) is 0 Å². The Balaban J connectivity index is 2.36. The molecule has 1 aromatic heterocycles. The minimum absolute atomic E-state index is 0.118. The normalized spacial score (nSPS) is 10.3. The summed E-state index contributed by atoms with van der Waals surface area (Å²) in [6.45, 7) is 0. The second kappa shape index (κ2) is 5.05. The van der Waals surface area contributed by atoms with Crippen LogP contribution in [0.15, 0.2) is 24.3 Å². The van der Waals surface area contributed by atoms with Crippen LogP contribution in [0.3, 0.4) is 0 Å². The molecule has 0 fully saturated rings. The van der Waals surface area contributed by atoms with Crippen LogP contribution in [0.25, 0.3) is 0 Å². The summed E-state index contributed by atoms with van der Waals surface area (Å²) in [5.41, 5.74) is 5.35. The second-order valence-corrected chi connectivity index (χ2v) is 3.66. The zero-order valence-corrected chi connectivity index (χ0v) is 9.88. The zero-order chi connectivity index (χ0) is 14.0. The molecule has 2 aromatic rings. The molecule has 4 nitrogen and oxygen atoms in total. The van der Waals surface area contributed by atoms with Gasteiger partial charge in [0.2, 0.25) is 5.88 Å². The monoisotopic (exact) mass is 269 g/mol. The standard InChI is InChI=1S/C12H10F3N3O/c1-19-12-9(16)2-3-10(18-12)17-11-7(14)4-6(13)5-8(11)15/h2-5H,16H2,1H3,(H,17,18). The number of anilines is 3. The topological polar surface area (TPSA) is 60.2 Å². The Hall–Kier alpha value is -2.44. The molecule has 0 bridgehead atoms. The van der Waals surface area contributed by atoms with Crippen LogP contribution in [0.5, 0.6) is 5.88 Å². The van der Waals surface area contributed by atoms with E-state index in [2.05, 4.69) is 10.3 Å². The highest BCUT2D eigenvalue weighted by Crippen LogP contribution is 2.26. The summed E-state index contributed by atoms with van der Waals surface area (Å²) in [6, 6.07) is 4.02. The first-order valence-corrected chi connectivity index (χ1v) is 5.23. The summed E-state index contributed by atoms with van der Waals surface area (Å²) < 4.78 is 44.5. The molecular weight excluding hydrogens is 259 g/mol. The third-order valence-corrected chi connectivity index (χ3v) is 2.34. The lowest BCUT2D eigenvalue weighted by atomic mass is 10.2. The summed E-state index contributed by atoms with van der Waals surface area (Å²) >= 11 is 0. The van der Waals surface area contributed by atoms with Gasteiger partial charge in [0.05, 0.1) is 12.8 Å². The molecule has 0 atom stereocenters. The van der Waals surface area contributed by atoms with Gasteiger partial charge >= 0.3 is 0 Å². The smallest absolute Gasteiger partial charge is 0.238 e. The zero-order valence-electron chi connectivity index (χ0n) is 9.88. The van der Waals surface area contributed by atoms with E-state index in [4.69, 9.17) is 10.5 Å². The average Bonchev–Trinajstić information content (AvgIpc) is 2.35. The number of hydrogen-bond donors (Lipinski definition) is 2. The van der Waals surface area contributed by atoms with Crippen molar-refractivity contribution in [2.24, 2.45) is 0 Å². The third-order valence-electron chi connectivity index (χ3n) is 2.34. The summed E-state index contributed by atoms with van der Waals surface area (Å²) in [4.78, 5) is 3.91. The predicted molar refractivity (Wildman–Crippen MR) is 64.8 cm³/mol. The number of ether oxygens (including phenoxy) is 1. The molecule has 0 spiro atoms. The van der Waals surface area contributed by atoms with E-state index in [-0.39, 0.29) is 17.4 Å². The van der Waals surface area contributed by atoms with Crippen molar-refractivity contribution in [2.75, 3.05) is 18.2 Å². The molecule has 1 heterocycles. The maximum Gasteiger partial charge on any atom is 0.238 e. The lowest BCUT2D eigenvalue weighted by molar-refractivity contribution is 0.401. The molecule has 0 aliphatic carbocycles. The van der Waals surface area contributed by atoms with Gasteiger partial charge in [0.25, 0.3) is 0 Å². The number of nitrogens with zero attached hydrogens (tertiary/aromatic N) is 1. The van der Waals surface area contributed by atoms with E-state index in [1.807, 2.05) is 0 Å². The quantitative estimate of drug-likeness (QED) is 0.899. The van der Waals surface area contributed by atoms with Crippen LogP contribution in [0, 0.1) is 17.5 Å². The molecule has 0 radical (unpaired) electrons. The number of nitrogens with two attached hydrogens (primary N) is 1. The molecule has 7 heteroatoms. The van der Waals surface area contributed by atoms with Crippen LogP contribution >= 0.6 is 0 Å². The van der Waals surface area contributed by atoms with Gasteiger partial charge in [-0.1, -0.05) is 0 Å². The van der Waals surface area contributed by atoms with Crippen molar-refractivity contribution >= 4 is 17.2 Å². The SMILES string of the molecule is COc1nc(Nc2c(F)cc(F)cc2F)ccc1N. The fourth-order valence-electron chi connectivity index (χ4n) is 1.47. The van der Waals surface area contributed by atoms with Gasteiger partial charge in [0.1, 0.15) is 17.3 Å². The Bertz CT molecular complexity index is 596. The number of pyridine rings is 1. The van der Waals surface area contributed by atoms with Crippen molar-refractivity contribution in [1.82, 2.24) is 4.98 Å². The summed E-state index contributed by atoms with van der Waals surface area (Å²) in [5, 5.41) is 2.41.